The van der Waals surface area contributed by atoms with Crippen molar-refractivity contribution >= 4 is 0 Å². The average Bonchev–Trinajstić information content (AvgIpc) is 1.96. The van der Waals surface area contributed by atoms with Crippen molar-refractivity contribution in [3.05, 3.63) is 34.9 Å². The number of benzene rings is 1. The third kappa shape index (κ3) is 4.80. The average molecular weight is 220 g/mol. The van der Waals surface area contributed by atoms with Crippen LogP contribution in [0.1, 0.15) is 43.9 Å². The number of aryl methyl sites for hydroxylation is 2. The fourth-order valence-electron chi connectivity index (χ4n) is 2.24. The first-order valence-electron chi connectivity index (χ1n) is 6.01. The van der Waals surface area contributed by atoms with Crippen LogP contribution in [0.15, 0.2) is 18.2 Å². The zero-order valence-corrected chi connectivity index (χ0v) is 11.2. The lowest BCUT2D eigenvalue weighted by atomic mass is 9.87. The van der Waals surface area contributed by atoms with E-state index in [9.17, 15) is 5.11 Å². The Bertz CT molecular complexity index is 327. The molecule has 90 valence electrons. The first kappa shape index (κ1) is 13.2. The Labute approximate surface area is 99.5 Å². The minimum atomic E-state index is -0.235. The van der Waals surface area contributed by atoms with Crippen LogP contribution in [0.25, 0.3) is 0 Å². The second-order valence-electron chi connectivity index (χ2n) is 6.12. The normalized spacial score (nSPS) is 13.9. The lowest BCUT2D eigenvalue weighted by molar-refractivity contribution is 0.121. The minimum Gasteiger partial charge on any atom is -0.393 e. The lowest BCUT2D eigenvalue weighted by Crippen LogP contribution is -2.19. The highest BCUT2D eigenvalue weighted by Crippen LogP contribution is 2.23. The van der Waals surface area contributed by atoms with Crippen molar-refractivity contribution in [2.75, 3.05) is 0 Å². The van der Waals surface area contributed by atoms with Gasteiger partial charge in [0.1, 0.15) is 0 Å². The molecule has 0 saturated heterocycles. The number of rotatable bonds is 3. The summed E-state index contributed by atoms with van der Waals surface area (Å²) in [5.74, 6) is 0. The molecule has 16 heavy (non-hydrogen) atoms. The lowest BCUT2D eigenvalue weighted by Gasteiger charge is -2.22. The van der Waals surface area contributed by atoms with E-state index >= 15 is 0 Å². The van der Waals surface area contributed by atoms with Gasteiger partial charge in [-0.3, -0.25) is 0 Å². The van der Waals surface area contributed by atoms with Gasteiger partial charge >= 0.3 is 0 Å². The quantitative estimate of drug-likeness (QED) is 0.824. The summed E-state index contributed by atoms with van der Waals surface area (Å²) in [7, 11) is 0. The SMILES string of the molecule is Cc1cc(C)cc(CC(O)CC(C)(C)C)c1. The van der Waals surface area contributed by atoms with Gasteiger partial charge in [-0.2, -0.15) is 0 Å². The van der Waals surface area contributed by atoms with Crippen LogP contribution in [0, 0.1) is 19.3 Å². The van der Waals surface area contributed by atoms with Crippen LogP contribution in [-0.2, 0) is 6.42 Å². The molecule has 0 aromatic heterocycles. The second kappa shape index (κ2) is 5.01. The Hall–Kier alpha value is -0.820. The molecular formula is C15H24O. The summed E-state index contributed by atoms with van der Waals surface area (Å²) < 4.78 is 0. The molecule has 1 unspecified atom stereocenters. The summed E-state index contributed by atoms with van der Waals surface area (Å²) in [6.07, 6.45) is 1.38. The summed E-state index contributed by atoms with van der Waals surface area (Å²) in [5, 5.41) is 10.0. The largest absolute Gasteiger partial charge is 0.393 e. The van der Waals surface area contributed by atoms with Gasteiger partial charge < -0.3 is 5.11 Å². The molecule has 1 heteroatoms. The van der Waals surface area contributed by atoms with Crippen molar-refractivity contribution in [3.8, 4) is 0 Å². The van der Waals surface area contributed by atoms with E-state index in [2.05, 4.69) is 52.8 Å². The smallest absolute Gasteiger partial charge is 0.0585 e. The molecule has 1 aromatic rings. The molecule has 1 rings (SSSR count). The van der Waals surface area contributed by atoms with E-state index in [0.717, 1.165) is 12.8 Å². The zero-order chi connectivity index (χ0) is 12.3. The molecule has 0 radical (unpaired) electrons. The summed E-state index contributed by atoms with van der Waals surface area (Å²) >= 11 is 0. The van der Waals surface area contributed by atoms with Gasteiger partial charge in [0.25, 0.3) is 0 Å². The number of aliphatic hydroxyl groups is 1. The first-order valence-corrected chi connectivity index (χ1v) is 6.01. The Morgan fingerprint density at radius 1 is 1.06 bits per heavy atom. The highest BCUT2D eigenvalue weighted by molar-refractivity contribution is 5.28. The van der Waals surface area contributed by atoms with Crippen LogP contribution in [0.5, 0.6) is 0 Å². The van der Waals surface area contributed by atoms with Crippen molar-refractivity contribution < 1.29 is 5.11 Å². The Morgan fingerprint density at radius 2 is 1.56 bits per heavy atom. The van der Waals surface area contributed by atoms with E-state index in [1.807, 2.05) is 0 Å². The van der Waals surface area contributed by atoms with Crippen LogP contribution in [0.2, 0.25) is 0 Å². The maximum atomic E-state index is 10.0. The molecule has 0 fully saturated rings. The predicted molar refractivity (Wildman–Crippen MR) is 69.7 cm³/mol. The van der Waals surface area contributed by atoms with Gasteiger partial charge in [-0.15, -0.1) is 0 Å². The Kier molecular flexibility index (Phi) is 4.15. The fraction of sp³-hybridized carbons (Fsp3) is 0.600. The Balaban J connectivity index is 2.66. The van der Waals surface area contributed by atoms with Gasteiger partial charge in [-0.05, 0) is 37.7 Å². The summed E-state index contributed by atoms with van der Waals surface area (Å²) in [4.78, 5) is 0. The van der Waals surface area contributed by atoms with Crippen LogP contribution in [-0.4, -0.2) is 11.2 Å². The minimum absolute atomic E-state index is 0.193. The van der Waals surface area contributed by atoms with E-state index in [-0.39, 0.29) is 11.5 Å². The predicted octanol–water partition coefficient (Wildman–Crippen LogP) is 3.64. The van der Waals surface area contributed by atoms with Gasteiger partial charge in [0.15, 0.2) is 0 Å². The second-order valence-corrected chi connectivity index (χ2v) is 6.12. The molecule has 0 spiro atoms. The summed E-state index contributed by atoms with van der Waals surface area (Å²) in [6, 6.07) is 6.50. The number of hydrogen-bond donors (Lipinski definition) is 1. The van der Waals surface area contributed by atoms with Crippen molar-refractivity contribution in [3.63, 3.8) is 0 Å². The van der Waals surface area contributed by atoms with E-state index in [1.165, 1.54) is 16.7 Å². The molecule has 0 heterocycles. The molecule has 1 N–H and O–H groups in total. The molecular weight excluding hydrogens is 196 g/mol. The standard InChI is InChI=1S/C15H24O/c1-11-6-12(2)8-13(7-11)9-14(16)10-15(3,4)5/h6-8,14,16H,9-10H2,1-5H3. The van der Waals surface area contributed by atoms with Crippen molar-refractivity contribution in [1.82, 2.24) is 0 Å². The highest BCUT2D eigenvalue weighted by atomic mass is 16.3. The molecule has 0 aliphatic rings. The third-order valence-corrected chi connectivity index (χ3v) is 2.60. The van der Waals surface area contributed by atoms with Crippen molar-refractivity contribution in [2.24, 2.45) is 5.41 Å². The fourth-order valence-corrected chi connectivity index (χ4v) is 2.24. The highest BCUT2D eigenvalue weighted by Gasteiger charge is 2.16. The maximum Gasteiger partial charge on any atom is 0.0585 e. The van der Waals surface area contributed by atoms with Gasteiger partial charge in [0.05, 0.1) is 6.10 Å². The van der Waals surface area contributed by atoms with Crippen LogP contribution in [0.3, 0.4) is 0 Å². The van der Waals surface area contributed by atoms with Gasteiger partial charge in [0.2, 0.25) is 0 Å². The Morgan fingerprint density at radius 3 is 2.00 bits per heavy atom. The monoisotopic (exact) mass is 220 g/mol. The molecule has 0 amide bonds. The molecule has 1 atom stereocenters. The summed E-state index contributed by atoms with van der Waals surface area (Å²) in [6.45, 7) is 10.7. The van der Waals surface area contributed by atoms with E-state index in [1.54, 1.807) is 0 Å². The zero-order valence-electron chi connectivity index (χ0n) is 11.2. The summed E-state index contributed by atoms with van der Waals surface area (Å²) in [5.41, 5.74) is 3.99. The van der Waals surface area contributed by atoms with Gasteiger partial charge in [-0.1, -0.05) is 50.1 Å². The van der Waals surface area contributed by atoms with Crippen LogP contribution < -0.4 is 0 Å². The van der Waals surface area contributed by atoms with Crippen LogP contribution >= 0.6 is 0 Å². The van der Waals surface area contributed by atoms with E-state index in [0.29, 0.717) is 0 Å². The molecule has 0 aliphatic carbocycles. The number of aliphatic hydroxyl groups excluding tert-OH is 1. The van der Waals surface area contributed by atoms with E-state index < -0.39 is 0 Å². The third-order valence-electron chi connectivity index (χ3n) is 2.60. The first-order chi connectivity index (χ1) is 7.26. The van der Waals surface area contributed by atoms with Crippen molar-refractivity contribution in [1.29, 1.82) is 0 Å². The van der Waals surface area contributed by atoms with Crippen molar-refractivity contribution in [2.45, 2.75) is 53.6 Å². The molecule has 1 aromatic carbocycles. The maximum absolute atomic E-state index is 10.0. The molecule has 0 aliphatic heterocycles. The topological polar surface area (TPSA) is 20.2 Å². The van der Waals surface area contributed by atoms with E-state index in [4.69, 9.17) is 0 Å². The van der Waals surface area contributed by atoms with Crippen LogP contribution in [0.4, 0.5) is 0 Å². The molecule has 0 saturated carbocycles. The van der Waals surface area contributed by atoms with Gasteiger partial charge in [-0.25, -0.2) is 0 Å². The molecule has 0 bridgehead atoms. The number of hydrogen-bond acceptors (Lipinski definition) is 1. The van der Waals surface area contributed by atoms with Gasteiger partial charge in [0, 0.05) is 0 Å². The molecule has 1 nitrogen and oxygen atoms in total.